The second kappa shape index (κ2) is 6.08. The van der Waals surface area contributed by atoms with E-state index in [1.54, 1.807) is 0 Å². The van der Waals surface area contributed by atoms with Gasteiger partial charge in [0.15, 0.2) is 0 Å². The Morgan fingerprint density at radius 2 is 2.00 bits per heavy atom. The van der Waals surface area contributed by atoms with Crippen molar-refractivity contribution in [2.45, 2.75) is 26.2 Å². The predicted molar refractivity (Wildman–Crippen MR) is 39.0 cm³/mol. The predicted octanol–water partition coefficient (Wildman–Crippen LogP) is 0.992. The van der Waals surface area contributed by atoms with E-state index in [1.165, 1.54) is 0 Å². The topological polar surface area (TPSA) is 34.1 Å². The van der Waals surface area contributed by atoms with Gasteiger partial charge in [0.1, 0.15) is 10.7 Å². The van der Waals surface area contributed by atoms with Crippen molar-refractivity contribution < 1.29 is 8.42 Å². The molecule has 0 atom stereocenters. The van der Waals surface area contributed by atoms with Gasteiger partial charge < -0.3 is 0 Å². The summed E-state index contributed by atoms with van der Waals surface area (Å²) in [6.07, 6.45) is 4.89. The van der Waals surface area contributed by atoms with Crippen LogP contribution in [0.2, 0.25) is 0 Å². The maximum atomic E-state index is 9.99. The Bertz CT molecular complexity index is 110. The van der Waals surface area contributed by atoms with E-state index in [-0.39, 0.29) is 0 Å². The van der Waals surface area contributed by atoms with E-state index in [2.05, 4.69) is 6.42 Å². The van der Waals surface area contributed by atoms with Crippen LogP contribution < -0.4 is 0 Å². The minimum Gasteiger partial charge on any atom is -0.232 e. The van der Waals surface area contributed by atoms with Crippen LogP contribution in [0.1, 0.15) is 26.2 Å². The van der Waals surface area contributed by atoms with Gasteiger partial charge >= 0.3 is 0 Å². The summed E-state index contributed by atoms with van der Waals surface area (Å²) in [4.78, 5) is 0. The average Bonchev–Trinajstić information content (AvgIpc) is 1.80. The van der Waals surface area contributed by atoms with Gasteiger partial charge in [-0.1, -0.05) is 19.8 Å². The molecular weight excluding hydrogens is 136 g/mol. The second-order valence-corrected chi connectivity index (χ2v) is 3.07. The van der Waals surface area contributed by atoms with E-state index in [1.807, 2.05) is 6.92 Å². The van der Waals surface area contributed by atoms with Crippen molar-refractivity contribution in [1.82, 2.24) is 0 Å². The maximum Gasteiger partial charge on any atom is 0.140 e. The first-order valence-electron chi connectivity index (χ1n) is 3.17. The van der Waals surface area contributed by atoms with Crippen LogP contribution in [0, 0.1) is 6.42 Å². The highest BCUT2D eigenvalue weighted by atomic mass is 32.2. The first kappa shape index (κ1) is 8.95. The van der Waals surface area contributed by atoms with E-state index in [9.17, 15) is 8.42 Å². The highest BCUT2D eigenvalue weighted by Crippen LogP contribution is 1.96. The molecule has 0 aromatic rings. The first-order chi connectivity index (χ1) is 4.27. The molecule has 0 unspecified atom stereocenters. The molecule has 55 valence electrons. The molecule has 2 nitrogen and oxygen atoms in total. The Morgan fingerprint density at radius 1 is 1.33 bits per heavy atom. The standard InChI is InChI=1S/C6H13O2S/c1-2-3-4-5-6-9(7)8/h2,9H,3-6H2,1H3. The largest absolute Gasteiger partial charge is 0.232 e. The molecule has 0 amide bonds. The lowest BCUT2D eigenvalue weighted by molar-refractivity contribution is 0.610. The van der Waals surface area contributed by atoms with Crippen LogP contribution in [-0.2, 0) is 10.7 Å². The lowest BCUT2D eigenvalue weighted by Crippen LogP contribution is -1.86. The number of hydrogen-bond donors (Lipinski definition) is 1. The molecule has 0 heterocycles. The average molecular weight is 149 g/mol. The van der Waals surface area contributed by atoms with Gasteiger partial charge in [-0.2, -0.15) is 0 Å². The molecule has 1 radical (unpaired) electrons. The minimum absolute atomic E-state index is 0.350. The fraction of sp³-hybridized carbons (Fsp3) is 0.833. The summed E-state index contributed by atoms with van der Waals surface area (Å²) in [7, 11) is -2.13. The Labute approximate surface area is 58.2 Å². The molecule has 0 N–H and O–H groups in total. The van der Waals surface area contributed by atoms with Gasteiger partial charge in [-0.25, -0.2) is 8.42 Å². The van der Waals surface area contributed by atoms with Crippen molar-refractivity contribution in [2.75, 3.05) is 5.75 Å². The van der Waals surface area contributed by atoms with Crippen LogP contribution in [0.4, 0.5) is 0 Å². The molecule has 3 heteroatoms. The van der Waals surface area contributed by atoms with Crippen molar-refractivity contribution in [3.63, 3.8) is 0 Å². The molecule has 0 aliphatic carbocycles. The zero-order chi connectivity index (χ0) is 7.11. The fourth-order valence-corrected chi connectivity index (χ4v) is 1.07. The van der Waals surface area contributed by atoms with Crippen LogP contribution in [0.5, 0.6) is 0 Å². The summed E-state index contributed by atoms with van der Waals surface area (Å²) in [5.74, 6) is 0.350. The quantitative estimate of drug-likeness (QED) is 0.467. The Kier molecular flexibility index (Phi) is 6.04. The van der Waals surface area contributed by atoms with Gasteiger partial charge in [0.2, 0.25) is 0 Å². The third-order valence-corrected chi connectivity index (χ3v) is 1.76. The second-order valence-electron chi connectivity index (χ2n) is 1.96. The lowest BCUT2D eigenvalue weighted by Gasteiger charge is -1.90. The maximum absolute atomic E-state index is 9.99. The Balaban J connectivity index is 2.92. The summed E-state index contributed by atoms with van der Waals surface area (Å²) in [5.41, 5.74) is 0. The third kappa shape index (κ3) is 7.95. The molecule has 0 bridgehead atoms. The number of hydrogen-bond acceptors (Lipinski definition) is 2. The molecule has 0 rings (SSSR count). The Morgan fingerprint density at radius 3 is 2.44 bits per heavy atom. The van der Waals surface area contributed by atoms with Crippen LogP contribution in [0.25, 0.3) is 0 Å². The molecule has 9 heavy (non-hydrogen) atoms. The Hall–Kier alpha value is -0.0500. The molecule has 0 aliphatic heterocycles. The summed E-state index contributed by atoms with van der Waals surface area (Å²) in [6.45, 7) is 1.98. The van der Waals surface area contributed by atoms with Crippen LogP contribution in [0.15, 0.2) is 0 Å². The van der Waals surface area contributed by atoms with Gasteiger partial charge in [-0.15, -0.1) is 0 Å². The highest BCUT2D eigenvalue weighted by Gasteiger charge is 1.87. The molecule has 0 saturated heterocycles. The zero-order valence-electron chi connectivity index (χ0n) is 5.67. The number of rotatable bonds is 5. The van der Waals surface area contributed by atoms with Crippen molar-refractivity contribution in [3.8, 4) is 0 Å². The van der Waals surface area contributed by atoms with E-state index >= 15 is 0 Å². The third-order valence-electron chi connectivity index (χ3n) is 1.08. The van der Waals surface area contributed by atoms with Gasteiger partial charge in [0, 0.05) is 5.75 Å². The van der Waals surface area contributed by atoms with Crippen molar-refractivity contribution in [3.05, 3.63) is 6.42 Å². The normalized spacial score (nSPS) is 10.4. The molecule has 0 aromatic carbocycles. The monoisotopic (exact) mass is 149 g/mol. The van der Waals surface area contributed by atoms with Crippen molar-refractivity contribution in [2.24, 2.45) is 0 Å². The first-order valence-corrected chi connectivity index (χ1v) is 4.53. The smallest absolute Gasteiger partial charge is 0.140 e. The summed E-state index contributed by atoms with van der Waals surface area (Å²) < 4.78 is 20.0. The van der Waals surface area contributed by atoms with Crippen molar-refractivity contribution in [1.29, 1.82) is 0 Å². The van der Waals surface area contributed by atoms with Crippen LogP contribution in [-0.4, -0.2) is 14.2 Å². The molecule has 0 saturated carbocycles. The van der Waals surface area contributed by atoms with Gasteiger partial charge in [-0.3, -0.25) is 0 Å². The lowest BCUT2D eigenvalue weighted by atomic mass is 10.2. The summed E-state index contributed by atoms with van der Waals surface area (Å²) in [5, 5.41) is 0. The minimum atomic E-state index is -2.13. The molecular formula is C6H13O2S. The summed E-state index contributed by atoms with van der Waals surface area (Å²) in [6, 6.07) is 0. The van der Waals surface area contributed by atoms with Gasteiger partial charge in [-0.05, 0) is 12.8 Å². The molecule has 0 aromatic heterocycles. The fourth-order valence-electron chi connectivity index (χ4n) is 0.589. The van der Waals surface area contributed by atoms with E-state index < -0.39 is 10.7 Å². The zero-order valence-corrected chi connectivity index (χ0v) is 6.56. The number of thiol groups is 1. The number of unbranched alkanes of at least 4 members (excludes halogenated alkanes) is 3. The van der Waals surface area contributed by atoms with Gasteiger partial charge in [0.05, 0.1) is 0 Å². The summed E-state index contributed by atoms with van der Waals surface area (Å²) >= 11 is 0. The molecule has 0 fully saturated rings. The van der Waals surface area contributed by atoms with E-state index in [0.717, 1.165) is 19.3 Å². The SMILES string of the molecule is C[CH]CCCC[SH](=O)=O. The van der Waals surface area contributed by atoms with E-state index in [4.69, 9.17) is 0 Å². The highest BCUT2D eigenvalue weighted by molar-refractivity contribution is 7.72. The molecule has 0 aliphatic rings. The van der Waals surface area contributed by atoms with Crippen LogP contribution >= 0.6 is 0 Å². The van der Waals surface area contributed by atoms with Crippen LogP contribution in [0.3, 0.4) is 0 Å². The van der Waals surface area contributed by atoms with E-state index in [0.29, 0.717) is 5.75 Å². The van der Waals surface area contributed by atoms with Crippen molar-refractivity contribution >= 4 is 10.7 Å². The molecule has 0 spiro atoms. The van der Waals surface area contributed by atoms with Gasteiger partial charge in [0.25, 0.3) is 0 Å².